The normalized spacial score (nSPS) is 38.0. The van der Waals surface area contributed by atoms with Crippen molar-refractivity contribution in [3.8, 4) is 0 Å². The Bertz CT molecular complexity index is 237. The molecule has 0 spiro atoms. The van der Waals surface area contributed by atoms with Crippen LogP contribution in [0.1, 0.15) is 38.5 Å². The van der Waals surface area contributed by atoms with Gasteiger partial charge in [0.2, 0.25) is 0 Å². The van der Waals surface area contributed by atoms with Crippen LogP contribution in [0, 0.1) is 11.3 Å². The van der Waals surface area contributed by atoms with Crippen LogP contribution in [0.3, 0.4) is 0 Å². The lowest BCUT2D eigenvalue weighted by Crippen LogP contribution is -2.41. The van der Waals surface area contributed by atoms with Gasteiger partial charge in [-0.05, 0) is 38.0 Å². The summed E-state index contributed by atoms with van der Waals surface area (Å²) in [5.41, 5.74) is 5.70. The molecule has 3 nitrogen and oxygen atoms in total. The molecule has 0 aromatic carbocycles. The van der Waals surface area contributed by atoms with Gasteiger partial charge in [-0.3, -0.25) is 4.79 Å². The monoisotopic (exact) mass is 197 g/mol. The second-order valence-electron chi connectivity index (χ2n) is 4.78. The lowest BCUT2D eigenvalue weighted by molar-refractivity contribution is -0.158. The van der Waals surface area contributed by atoms with Gasteiger partial charge >= 0.3 is 5.97 Å². The highest BCUT2D eigenvalue weighted by Gasteiger charge is 2.52. The molecule has 2 saturated carbocycles. The summed E-state index contributed by atoms with van der Waals surface area (Å²) in [7, 11) is 1.49. The number of nitrogens with two attached hydrogens (primary N) is 1. The number of hydrogen-bond donors (Lipinski definition) is 1. The molecular formula is C11H19NO2. The van der Waals surface area contributed by atoms with E-state index in [1.165, 1.54) is 26.4 Å². The van der Waals surface area contributed by atoms with Gasteiger partial charge in [0, 0.05) is 6.04 Å². The molecule has 2 atom stereocenters. The summed E-state index contributed by atoms with van der Waals surface area (Å²) in [5.74, 6) is 0.527. The third kappa shape index (κ3) is 1.34. The van der Waals surface area contributed by atoms with Crippen LogP contribution in [-0.2, 0) is 9.53 Å². The second-order valence-corrected chi connectivity index (χ2v) is 4.78. The van der Waals surface area contributed by atoms with Crippen LogP contribution in [0.4, 0.5) is 0 Å². The molecule has 3 heteroatoms. The van der Waals surface area contributed by atoms with Crippen LogP contribution in [0.15, 0.2) is 0 Å². The Labute approximate surface area is 85.0 Å². The summed E-state index contributed by atoms with van der Waals surface area (Å²) in [4.78, 5) is 11.8. The van der Waals surface area contributed by atoms with Gasteiger partial charge in [0.05, 0.1) is 12.5 Å². The molecule has 0 bridgehead atoms. The number of carbonyl (C=O) groups excluding carboxylic acids is 1. The minimum atomic E-state index is -0.216. The first-order valence-electron chi connectivity index (χ1n) is 5.53. The minimum absolute atomic E-state index is 0.0184. The largest absolute Gasteiger partial charge is 0.469 e. The number of carbonyl (C=O) groups is 1. The zero-order valence-corrected chi connectivity index (χ0v) is 8.79. The first-order chi connectivity index (χ1) is 6.69. The first kappa shape index (κ1) is 9.97. The average Bonchev–Trinajstić information content (AvgIpc) is 2.44. The molecule has 2 N–H and O–H groups in total. The van der Waals surface area contributed by atoms with E-state index in [0.717, 1.165) is 19.3 Å². The maximum Gasteiger partial charge on any atom is 0.312 e. The summed E-state index contributed by atoms with van der Waals surface area (Å²) in [6, 6.07) is 0.203. The molecule has 0 heterocycles. The van der Waals surface area contributed by atoms with Crippen molar-refractivity contribution < 1.29 is 9.53 Å². The molecule has 0 amide bonds. The SMILES string of the molecule is COC(=O)[C@@]1(C2CCC2)CC[C@@H](N)C1. The van der Waals surface area contributed by atoms with Crippen LogP contribution < -0.4 is 5.73 Å². The van der Waals surface area contributed by atoms with Gasteiger partial charge in [0.1, 0.15) is 0 Å². The van der Waals surface area contributed by atoms with E-state index in [1.807, 2.05) is 0 Å². The Morgan fingerprint density at radius 3 is 2.50 bits per heavy atom. The van der Waals surface area contributed by atoms with Crippen molar-refractivity contribution in [1.82, 2.24) is 0 Å². The van der Waals surface area contributed by atoms with E-state index in [1.54, 1.807) is 0 Å². The van der Waals surface area contributed by atoms with E-state index in [4.69, 9.17) is 10.5 Å². The molecule has 0 unspecified atom stereocenters. The van der Waals surface area contributed by atoms with Crippen LogP contribution in [0.2, 0.25) is 0 Å². The van der Waals surface area contributed by atoms with Gasteiger partial charge in [0.15, 0.2) is 0 Å². The molecule has 2 fully saturated rings. The van der Waals surface area contributed by atoms with Gasteiger partial charge in [0.25, 0.3) is 0 Å². The van der Waals surface area contributed by atoms with Gasteiger partial charge in [-0.1, -0.05) is 6.42 Å². The van der Waals surface area contributed by atoms with Crippen molar-refractivity contribution in [3.63, 3.8) is 0 Å². The number of esters is 1. The van der Waals surface area contributed by atoms with E-state index in [0.29, 0.717) is 5.92 Å². The topological polar surface area (TPSA) is 52.3 Å². The van der Waals surface area contributed by atoms with Gasteiger partial charge in [-0.15, -0.1) is 0 Å². The lowest BCUT2D eigenvalue weighted by atomic mass is 9.64. The summed E-state index contributed by atoms with van der Waals surface area (Å²) in [5, 5.41) is 0. The van der Waals surface area contributed by atoms with Gasteiger partial charge < -0.3 is 10.5 Å². The molecular weight excluding hydrogens is 178 g/mol. The molecule has 2 aliphatic rings. The fourth-order valence-corrected chi connectivity index (χ4v) is 3.00. The van der Waals surface area contributed by atoms with E-state index >= 15 is 0 Å². The zero-order chi connectivity index (χ0) is 10.2. The Morgan fingerprint density at radius 2 is 2.14 bits per heavy atom. The van der Waals surface area contributed by atoms with Gasteiger partial charge in [-0.2, -0.15) is 0 Å². The number of methoxy groups -OCH3 is 1. The molecule has 0 aromatic heterocycles. The fraction of sp³-hybridized carbons (Fsp3) is 0.909. The van der Waals surface area contributed by atoms with E-state index in [9.17, 15) is 4.79 Å². The summed E-state index contributed by atoms with van der Waals surface area (Å²) < 4.78 is 4.95. The standard InChI is InChI=1S/C11H19NO2/c1-14-10(13)11(8-3-2-4-8)6-5-9(12)7-11/h8-9H,2-7,12H2,1H3/t9-,11+/m1/s1. The predicted octanol–water partition coefficient (Wildman–Crippen LogP) is 1.46. The molecule has 0 saturated heterocycles. The van der Waals surface area contributed by atoms with E-state index in [-0.39, 0.29) is 17.4 Å². The Balaban J connectivity index is 2.15. The lowest BCUT2D eigenvalue weighted by Gasteiger charge is -2.40. The maximum atomic E-state index is 11.8. The molecule has 0 radical (unpaired) electrons. The van der Waals surface area contributed by atoms with Crippen LogP contribution >= 0.6 is 0 Å². The quantitative estimate of drug-likeness (QED) is 0.682. The van der Waals surface area contributed by atoms with Crippen molar-refractivity contribution in [2.75, 3.05) is 7.11 Å². The van der Waals surface area contributed by atoms with Crippen LogP contribution in [0.25, 0.3) is 0 Å². The van der Waals surface area contributed by atoms with Crippen molar-refractivity contribution in [3.05, 3.63) is 0 Å². The molecule has 14 heavy (non-hydrogen) atoms. The highest BCUT2D eigenvalue weighted by atomic mass is 16.5. The third-order valence-corrected chi connectivity index (χ3v) is 4.07. The minimum Gasteiger partial charge on any atom is -0.469 e. The predicted molar refractivity (Wildman–Crippen MR) is 53.6 cm³/mol. The molecule has 0 aromatic rings. The third-order valence-electron chi connectivity index (χ3n) is 4.07. The Hall–Kier alpha value is -0.570. The first-order valence-corrected chi connectivity index (χ1v) is 5.53. The zero-order valence-electron chi connectivity index (χ0n) is 8.79. The summed E-state index contributed by atoms with van der Waals surface area (Å²) in [6.45, 7) is 0. The highest BCUT2D eigenvalue weighted by molar-refractivity contribution is 5.77. The van der Waals surface area contributed by atoms with E-state index in [2.05, 4.69) is 0 Å². The van der Waals surface area contributed by atoms with E-state index < -0.39 is 0 Å². The highest BCUT2D eigenvalue weighted by Crippen LogP contribution is 2.52. The molecule has 2 aliphatic carbocycles. The molecule has 0 aliphatic heterocycles. The molecule has 2 rings (SSSR count). The number of ether oxygens (including phenoxy) is 1. The smallest absolute Gasteiger partial charge is 0.312 e. The van der Waals surface area contributed by atoms with Crippen molar-refractivity contribution in [2.45, 2.75) is 44.6 Å². The number of rotatable bonds is 2. The van der Waals surface area contributed by atoms with Crippen LogP contribution in [-0.4, -0.2) is 19.1 Å². The average molecular weight is 197 g/mol. The maximum absolute atomic E-state index is 11.8. The Kier molecular flexibility index (Phi) is 2.52. The van der Waals surface area contributed by atoms with Crippen molar-refractivity contribution in [1.29, 1.82) is 0 Å². The van der Waals surface area contributed by atoms with Crippen molar-refractivity contribution >= 4 is 5.97 Å². The summed E-state index contributed by atoms with van der Waals surface area (Å²) >= 11 is 0. The van der Waals surface area contributed by atoms with Crippen molar-refractivity contribution in [2.24, 2.45) is 17.1 Å². The number of hydrogen-bond acceptors (Lipinski definition) is 3. The fourth-order valence-electron chi connectivity index (χ4n) is 3.00. The molecule has 80 valence electrons. The Morgan fingerprint density at radius 1 is 1.43 bits per heavy atom. The second kappa shape index (κ2) is 3.54. The summed E-state index contributed by atoms with van der Waals surface area (Å²) in [6.07, 6.45) is 6.38. The van der Waals surface area contributed by atoms with Crippen LogP contribution in [0.5, 0.6) is 0 Å². The van der Waals surface area contributed by atoms with Gasteiger partial charge in [-0.25, -0.2) is 0 Å².